The minimum atomic E-state index is -0.816. The second kappa shape index (κ2) is 4.61. The minimum absolute atomic E-state index is 0.484. The van der Waals surface area contributed by atoms with E-state index < -0.39 is 11.2 Å². The molecule has 0 saturated heterocycles. The van der Waals surface area contributed by atoms with E-state index in [4.69, 9.17) is 5.11 Å². The number of carboxylic acid groups (broad SMARTS) is 1. The molecule has 0 aromatic carbocycles. The number of aliphatic carboxylic acids is 1. The van der Waals surface area contributed by atoms with Gasteiger partial charge < -0.3 is 5.11 Å². The highest BCUT2D eigenvalue weighted by Gasteiger charge is 2.11. The van der Waals surface area contributed by atoms with Crippen LogP contribution in [0.15, 0.2) is 0 Å². The lowest BCUT2D eigenvalue weighted by Gasteiger charge is -2.06. The van der Waals surface area contributed by atoms with Gasteiger partial charge in [-0.1, -0.05) is 13.8 Å². The van der Waals surface area contributed by atoms with Crippen LogP contribution in [0, 0.1) is 5.92 Å². The van der Waals surface area contributed by atoms with Crippen molar-refractivity contribution in [1.29, 1.82) is 0 Å². The third kappa shape index (κ3) is 4.68. The van der Waals surface area contributed by atoms with Crippen molar-refractivity contribution in [2.24, 2.45) is 5.92 Å². The summed E-state index contributed by atoms with van der Waals surface area (Å²) in [5.41, 5.74) is 0. The molecule has 2 nitrogen and oxygen atoms in total. The lowest BCUT2D eigenvalue weighted by atomic mass is 10.1. The zero-order valence-corrected chi connectivity index (χ0v) is 7.27. The molecule has 1 atom stereocenters. The first kappa shape index (κ1) is 9.82. The van der Waals surface area contributed by atoms with Crippen LogP contribution < -0.4 is 0 Å². The van der Waals surface area contributed by atoms with Crippen LogP contribution in [-0.2, 0) is 4.79 Å². The predicted molar refractivity (Wildman–Crippen MR) is 44.5 cm³/mol. The Morgan fingerprint density at radius 2 is 2.00 bits per heavy atom. The largest absolute Gasteiger partial charge is 0.480 e. The van der Waals surface area contributed by atoms with E-state index >= 15 is 0 Å². The molecule has 0 amide bonds. The van der Waals surface area contributed by atoms with Crippen molar-refractivity contribution in [2.45, 2.75) is 31.9 Å². The van der Waals surface area contributed by atoms with Crippen molar-refractivity contribution < 1.29 is 9.90 Å². The molecule has 0 rings (SSSR count). The zero-order valence-electron chi connectivity index (χ0n) is 6.37. The normalized spacial score (nSPS) is 13.6. The van der Waals surface area contributed by atoms with Crippen molar-refractivity contribution in [3.05, 3.63) is 0 Å². The van der Waals surface area contributed by atoms with Gasteiger partial charge in [0.15, 0.2) is 0 Å². The Bertz CT molecular complexity index is 112. The molecule has 1 unspecified atom stereocenters. The van der Waals surface area contributed by atoms with Gasteiger partial charge in [0.25, 0.3) is 0 Å². The van der Waals surface area contributed by atoms with Crippen LogP contribution >= 0.6 is 12.6 Å². The number of hydrogen-bond donors (Lipinski definition) is 2. The van der Waals surface area contributed by atoms with Gasteiger partial charge in [0.05, 0.1) is 5.25 Å². The van der Waals surface area contributed by atoms with Crippen LogP contribution in [0.1, 0.15) is 26.7 Å². The van der Waals surface area contributed by atoms with Gasteiger partial charge in [-0.15, -0.1) is 0 Å². The Kier molecular flexibility index (Phi) is 4.52. The second-order valence-electron chi connectivity index (χ2n) is 2.83. The molecule has 0 bridgehead atoms. The monoisotopic (exact) mass is 162 g/mol. The molecule has 1 N–H and O–H groups in total. The third-order valence-electron chi connectivity index (χ3n) is 1.30. The van der Waals surface area contributed by atoms with Crippen molar-refractivity contribution in [3.63, 3.8) is 0 Å². The summed E-state index contributed by atoms with van der Waals surface area (Å²) in [4.78, 5) is 10.2. The van der Waals surface area contributed by atoms with Crippen LogP contribution in [0.2, 0.25) is 0 Å². The molecule has 3 heteroatoms. The molecule has 0 fully saturated rings. The molecular formula is C7H14O2S. The summed E-state index contributed by atoms with van der Waals surface area (Å²) in [6.07, 6.45) is 1.59. The smallest absolute Gasteiger partial charge is 0.316 e. The van der Waals surface area contributed by atoms with Gasteiger partial charge in [-0.25, -0.2) is 0 Å². The zero-order chi connectivity index (χ0) is 8.15. The van der Waals surface area contributed by atoms with Gasteiger partial charge in [-0.2, -0.15) is 12.6 Å². The SMILES string of the molecule is CC(C)CCC(S)C(=O)O. The van der Waals surface area contributed by atoms with E-state index in [0.717, 1.165) is 6.42 Å². The molecule has 0 spiro atoms. The summed E-state index contributed by atoms with van der Waals surface area (Å²) in [6, 6.07) is 0. The van der Waals surface area contributed by atoms with Gasteiger partial charge in [0, 0.05) is 0 Å². The Labute approximate surface area is 67.0 Å². The van der Waals surface area contributed by atoms with Crippen LogP contribution in [0.25, 0.3) is 0 Å². The summed E-state index contributed by atoms with van der Waals surface area (Å²) in [6.45, 7) is 4.14. The maximum Gasteiger partial charge on any atom is 0.316 e. The summed E-state index contributed by atoms with van der Waals surface area (Å²) in [5.74, 6) is -0.252. The topological polar surface area (TPSA) is 37.3 Å². The average Bonchev–Trinajstić information content (AvgIpc) is 1.82. The first-order chi connectivity index (χ1) is 4.54. The van der Waals surface area contributed by atoms with Crippen molar-refractivity contribution >= 4 is 18.6 Å². The maximum absolute atomic E-state index is 10.2. The average molecular weight is 162 g/mol. The maximum atomic E-state index is 10.2. The quantitative estimate of drug-likeness (QED) is 0.618. The van der Waals surface area contributed by atoms with Gasteiger partial charge in [0.1, 0.15) is 0 Å². The second-order valence-corrected chi connectivity index (χ2v) is 3.45. The fourth-order valence-electron chi connectivity index (χ4n) is 0.615. The number of hydrogen-bond acceptors (Lipinski definition) is 2. The lowest BCUT2D eigenvalue weighted by molar-refractivity contribution is -0.136. The molecule has 0 aromatic rings. The molecule has 60 valence electrons. The van der Waals surface area contributed by atoms with Crippen LogP contribution in [0.5, 0.6) is 0 Å². The van der Waals surface area contributed by atoms with Crippen molar-refractivity contribution in [1.82, 2.24) is 0 Å². The molecule has 0 aliphatic rings. The Morgan fingerprint density at radius 3 is 2.30 bits per heavy atom. The third-order valence-corrected chi connectivity index (χ3v) is 1.78. The van der Waals surface area contributed by atoms with Crippen molar-refractivity contribution in [2.75, 3.05) is 0 Å². The van der Waals surface area contributed by atoms with Gasteiger partial charge in [-0.05, 0) is 18.8 Å². The molecule has 0 radical (unpaired) electrons. The summed E-state index contributed by atoms with van der Waals surface area (Å²) in [7, 11) is 0. The molecule has 0 aromatic heterocycles. The van der Waals surface area contributed by atoms with Crippen LogP contribution in [-0.4, -0.2) is 16.3 Å². The first-order valence-electron chi connectivity index (χ1n) is 3.45. The van der Waals surface area contributed by atoms with E-state index in [1.165, 1.54) is 0 Å². The van der Waals surface area contributed by atoms with Crippen molar-refractivity contribution in [3.8, 4) is 0 Å². The van der Waals surface area contributed by atoms with E-state index in [2.05, 4.69) is 26.5 Å². The van der Waals surface area contributed by atoms with E-state index in [9.17, 15) is 4.79 Å². The van der Waals surface area contributed by atoms with Crippen LogP contribution in [0.3, 0.4) is 0 Å². The molecular weight excluding hydrogens is 148 g/mol. The molecule has 0 heterocycles. The Morgan fingerprint density at radius 1 is 1.50 bits per heavy atom. The van der Waals surface area contributed by atoms with E-state index in [1.54, 1.807) is 0 Å². The Balaban J connectivity index is 3.40. The molecule has 0 aliphatic carbocycles. The van der Waals surface area contributed by atoms with Gasteiger partial charge >= 0.3 is 5.97 Å². The first-order valence-corrected chi connectivity index (χ1v) is 3.96. The molecule has 0 aliphatic heterocycles. The lowest BCUT2D eigenvalue weighted by Crippen LogP contribution is -2.13. The summed E-state index contributed by atoms with van der Waals surface area (Å²) >= 11 is 3.90. The fraction of sp³-hybridized carbons (Fsp3) is 0.857. The summed E-state index contributed by atoms with van der Waals surface area (Å²) in [5, 5.41) is 7.93. The van der Waals surface area contributed by atoms with E-state index in [-0.39, 0.29) is 0 Å². The molecule has 10 heavy (non-hydrogen) atoms. The highest BCUT2D eigenvalue weighted by molar-refractivity contribution is 7.81. The number of carbonyl (C=O) groups is 1. The fourth-order valence-corrected chi connectivity index (χ4v) is 0.764. The number of carboxylic acids is 1. The van der Waals surface area contributed by atoms with Crippen LogP contribution in [0.4, 0.5) is 0 Å². The van der Waals surface area contributed by atoms with E-state index in [0.29, 0.717) is 12.3 Å². The van der Waals surface area contributed by atoms with Gasteiger partial charge in [-0.3, -0.25) is 4.79 Å². The Hall–Kier alpha value is -0.180. The minimum Gasteiger partial charge on any atom is -0.480 e. The number of rotatable bonds is 4. The predicted octanol–water partition coefficient (Wildman–Crippen LogP) is 1.81. The highest BCUT2D eigenvalue weighted by Crippen LogP contribution is 2.10. The standard InChI is InChI=1S/C7H14O2S/c1-5(2)3-4-6(10)7(8)9/h5-6,10H,3-4H2,1-2H3,(H,8,9). The molecule has 0 saturated carbocycles. The summed E-state index contributed by atoms with van der Waals surface area (Å²) < 4.78 is 0. The number of thiol groups is 1. The highest BCUT2D eigenvalue weighted by atomic mass is 32.1. The van der Waals surface area contributed by atoms with E-state index in [1.807, 2.05) is 0 Å². The van der Waals surface area contributed by atoms with Gasteiger partial charge in [0.2, 0.25) is 0 Å².